The topological polar surface area (TPSA) is 38.3 Å². The van der Waals surface area contributed by atoms with E-state index in [1.165, 1.54) is 6.07 Å². The summed E-state index contributed by atoms with van der Waals surface area (Å²) in [6.45, 7) is 2.21. The van der Waals surface area contributed by atoms with Crippen LogP contribution in [0.4, 0.5) is 18.9 Å². The summed E-state index contributed by atoms with van der Waals surface area (Å²) >= 11 is 0. The third-order valence-electron chi connectivity index (χ3n) is 4.11. The van der Waals surface area contributed by atoms with E-state index >= 15 is 0 Å². The number of carbonyl (C=O) groups excluding carboxylic acids is 1. The molecule has 0 aromatic heterocycles. The molecule has 2 atom stereocenters. The smallest absolute Gasteiger partial charge is 0.378 e. The molecule has 6 heteroatoms. The maximum absolute atomic E-state index is 12.9. The lowest BCUT2D eigenvalue weighted by atomic mass is 9.73. The van der Waals surface area contributed by atoms with Crippen molar-refractivity contribution >= 4 is 11.6 Å². The number of alkyl halides is 3. The first-order valence-electron chi connectivity index (χ1n) is 6.48. The molecule has 2 aliphatic heterocycles. The van der Waals surface area contributed by atoms with E-state index < -0.39 is 17.2 Å². The molecule has 20 heavy (non-hydrogen) atoms. The van der Waals surface area contributed by atoms with Crippen LogP contribution in [0.3, 0.4) is 0 Å². The molecule has 0 bridgehead atoms. The number of ether oxygens (including phenoxy) is 1. The molecule has 1 amide bonds. The number of amides is 1. The van der Waals surface area contributed by atoms with Crippen molar-refractivity contribution in [2.24, 2.45) is 0 Å². The Kier molecular flexibility index (Phi) is 2.83. The monoisotopic (exact) mass is 285 g/mol. The van der Waals surface area contributed by atoms with Crippen LogP contribution in [-0.4, -0.2) is 18.6 Å². The number of anilines is 1. The Morgan fingerprint density at radius 3 is 2.80 bits per heavy atom. The van der Waals surface area contributed by atoms with Crippen molar-refractivity contribution in [1.82, 2.24) is 0 Å². The van der Waals surface area contributed by atoms with Gasteiger partial charge in [0.25, 0.3) is 0 Å². The van der Waals surface area contributed by atoms with Crippen LogP contribution in [0, 0.1) is 0 Å². The van der Waals surface area contributed by atoms with Gasteiger partial charge in [-0.25, -0.2) is 0 Å². The Hall–Kier alpha value is -1.56. The minimum Gasteiger partial charge on any atom is -0.378 e. The maximum Gasteiger partial charge on any atom is 0.416 e. The van der Waals surface area contributed by atoms with Gasteiger partial charge in [-0.1, -0.05) is 0 Å². The summed E-state index contributed by atoms with van der Waals surface area (Å²) in [6.07, 6.45) is -3.72. The summed E-state index contributed by atoms with van der Waals surface area (Å²) in [5.74, 6) is -0.220. The summed E-state index contributed by atoms with van der Waals surface area (Å²) in [6, 6.07) is 3.44. The van der Waals surface area contributed by atoms with Gasteiger partial charge in [0.05, 0.1) is 17.1 Å². The van der Waals surface area contributed by atoms with Crippen molar-refractivity contribution in [3.8, 4) is 0 Å². The van der Waals surface area contributed by atoms with E-state index in [2.05, 4.69) is 5.32 Å². The SMILES string of the molecule is CC1CC2(CCO1)C(=O)Nc1ccc(C(F)(F)F)cc12. The molecular formula is C14H14F3NO2. The molecule has 108 valence electrons. The van der Waals surface area contributed by atoms with Gasteiger partial charge in [-0.05, 0) is 43.5 Å². The average molecular weight is 285 g/mol. The summed E-state index contributed by atoms with van der Waals surface area (Å²) < 4.78 is 44.0. The molecular weight excluding hydrogens is 271 g/mol. The molecule has 1 N–H and O–H groups in total. The third kappa shape index (κ3) is 1.90. The highest BCUT2D eigenvalue weighted by atomic mass is 19.4. The fraction of sp³-hybridized carbons (Fsp3) is 0.500. The van der Waals surface area contributed by atoms with Crippen molar-refractivity contribution < 1.29 is 22.7 Å². The van der Waals surface area contributed by atoms with E-state index in [1.807, 2.05) is 6.92 Å². The predicted octanol–water partition coefficient (Wildman–Crippen LogP) is 3.09. The predicted molar refractivity (Wildman–Crippen MR) is 66.4 cm³/mol. The first kappa shape index (κ1) is 13.4. The van der Waals surface area contributed by atoms with Crippen molar-refractivity contribution in [3.63, 3.8) is 0 Å². The van der Waals surface area contributed by atoms with Gasteiger partial charge in [-0.2, -0.15) is 13.2 Å². The molecule has 3 nitrogen and oxygen atoms in total. The summed E-state index contributed by atoms with van der Waals surface area (Å²) in [7, 11) is 0. The van der Waals surface area contributed by atoms with E-state index in [4.69, 9.17) is 4.74 Å². The van der Waals surface area contributed by atoms with Crippen molar-refractivity contribution in [2.75, 3.05) is 11.9 Å². The fourth-order valence-electron chi connectivity index (χ4n) is 3.13. The highest BCUT2D eigenvalue weighted by Gasteiger charge is 2.50. The van der Waals surface area contributed by atoms with E-state index in [0.717, 1.165) is 12.1 Å². The van der Waals surface area contributed by atoms with Gasteiger partial charge < -0.3 is 10.1 Å². The lowest BCUT2D eigenvalue weighted by Crippen LogP contribution is -2.42. The van der Waals surface area contributed by atoms with Gasteiger partial charge in [-0.15, -0.1) is 0 Å². The van der Waals surface area contributed by atoms with Crippen molar-refractivity contribution in [2.45, 2.75) is 37.5 Å². The standard InChI is InChI=1S/C14H14F3NO2/c1-8-7-13(4-5-20-8)10-6-9(14(15,16)17)2-3-11(10)18-12(13)19/h2-3,6,8H,4-5,7H2,1H3,(H,18,19). The van der Waals surface area contributed by atoms with E-state index in [9.17, 15) is 18.0 Å². The molecule has 0 radical (unpaired) electrons. The summed E-state index contributed by atoms with van der Waals surface area (Å²) in [4.78, 5) is 12.3. The molecule has 0 saturated carbocycles. The molecule has 3 rings (SSSR count). The minimum atomic E-state index is -4.40. The number of nitrogens with one attached hydrogen (secondary N) is 1. The van der Waals surface area contributed by atoms with Crippen LogP contribution in [0.15, 0.2) is 18.2 Å². The molecule has 1 aromatic carbocycles. The van der Waals surface area contributed by atoms with Gasteiger partial charge in [-0.3, -0.25) is 4.79 Å². The molecule has 2 heterocycles. The Balaban J connectivity index is 2.10. The van der Waals surface area contributed by atoms with Crippen LogP contribution in [-0.2, 0) is 21.1 Å². The maximum atomic E-state index is 12.9. The number of carbonyl (C=O) groups is 1. The number of hydrogen-bond donors (Lipinski definition) is 1. The quantitative estimate of drug-likeness (QED) is 0.795. The van der Waals surface area contributed by atoms with Gasteiger partial charge >= 0.3 is 6.18 Å². The zero-order chi connectivity index (χ0) is 14.5. The number of rotatable bonds is 0. The summed E-state index contributed by atoms with van der Waals surface area (Å²) in [5.41, 5.74) is -0.662. The van der Waals surface area contributed by atoms with Gasteiger partial charge in [0.1, 0.15) is 0 Å². The zero-order valence-electron chi connectivity index (χ0n) is 10.9. The lowest BCUT2D eigenvalue weighted by Gasteiger charge is -2.35. The highest BCUT2D eigenvalue weighted by Crippen LogP contribution is 2.47. The molecule has 1 spiro atoms. The van der Waals surface area contributed by atoms with Crippen molar-refractivity contribution in [3.05, 3.63) is 29.3 Å². The first-order valence-corrected chi connectivity index (χ1v) is 6.48. The van der Waals surface area contributed by atoms with Crippen LogP contribution in [0.5, 0.6) is 0 Å². The average Bonchev–Trinajstić information content (AvgIpc) is 2.61. The van der Waals surface area contributed by atoms with Gasteiger partial charge in [0.15, 0.2) is 0 Å². The van der Waals surface area contributed by atoms with Crippen LogP contribution in [0.2, 0.25) is 0 Å². The molecule has 1 saturated heterocycles. The van der Waals surface area contributed by atoms with Crippen LogP contribution < -0.4 is 5.32 Å². The van der Waals surface area contributed by atoms with Gasteiger partial charge in [0.2, 0.25) is 5.91 Å². The Bertz CT molecular complexity index is 570. The number of fused-ring (bicyclic) bond motifs is 2. The summed E-state index contributed by atoms with van der Waals surface area (Å²) in [5, 5.41) is 2.70. The minimum absolute atomic E-state index is 0.144. The van der Waals surface area contributed by atoms with E-state index in [1.54, 1.807) is 0 Å². The molecule has 2 unspecified atom stereocenters. The molecule has 0 aliphatic carbocycles. The molecule has 2 aliphatic rings. The normalized spacial score (nSPS) is 29.4. The Morgan fingerprint density at radius 2 is 2.15 bits per heavy atom. The Morgan fingerprint density at radius 1 is 1.40 bits per heavy atom. The van der Waals surface area contributed by atoms with Crippen LogP contribution in [0.25, 0.3) is 0 Å². The second-order valence-electron chi connectivity index (χ2n) is 5.43. The second-order valence-corrected chi connectivity index (χ2v) is 5.43. The van der Waals surface area contributed by atoms with Crippen LogP contribution >= 0.6 is 0 Å². The number of hydrogen-bond acceptors (Lipinski definition) is 2. The largest absolute Gasteiger partial charge is 0.416 e. The molecule has 1 aromatic rings. The lowest BCUT2D eigenvalue weighted by molar-refractivity contribution is -0.138. The first-order chi connectivity index (χ1) is 9.33. The molecule has 1 fully saturated rings. The zero-order valence-corrected chi connectivity index (χ0v) is 10.9. The van der Waals surface area contributed by atoms with Gasteiger partial charge in [0, 0.05) is 12.3 Å². The van der Waals surface area contributed by atoms with E-state index in [0.29, 0.717) is 30.7 Å². The fourth-order valence-corrected chi connectivity index (χ4v) is 3.13. The Labute approximate surface area is 114 Å². The van der Waals surface area contributed by atoms with Crippen molar-refractivity contribution in [1.29, 1.82) is 0 Å². The van der Waals surface area contributed by atoms with E-state index in [-0.39, 0.29) is 12.0 Å². The second kappa shape index (κ2) is 4.22. The number of benzene rings is 1. The highest BCUT2D eigenvalue weighted by molar-refractivity contribution is 6.06. The van der Waals surface area contributed by atoms with Crippen LogP contribution in [0.1, 0.15) is 30.9 Å². The third-order valence-corrected chi connectivity index (χ3v) is 4.11. The number of halogens is 3.